The van der Waals surface area contributed by atoms with Crippen LogP contribution in [0.25, 0.3) is 11.1 Å². The number of carbonyl (C=O) groups excluding carboxylic acids is 3. The number of ketones is 1. The monoisotopic (exact) mass is 462 g/mol. The second-order valence-corrected chi connectivity index (χ2v) is 9.13. The highest BCUT2D eigenvalue weighted by Gasteiger charge is 2.28. The van der Waals surface area contributed by atoms with Crippen molar-refractivity contribution in [3.05, 3.63) is 71.2 Å². The van der Waals surface area contributed by atoms with E-state index < -0.39 is 11.8 Å². The van der Waals surface area contributed by atoms with E-state index in [1.165, 1.54) is 18.2 Å². The number of nitrogens with zero attached hydrogens (tertiary/aromatic N) is 1. The standard InChI is InChI=1S/C26H26N2O4S/c1-32-25(31)23(29)22-16-33-26(27-22)28-24(30)21(15-17-7-5-6-8-17)20-13-11-19(12-14-20)18-9-3-2-4-10-18/h2-4,9-14,16-17,21H,5-8,15H2,1H3,(H,27,28,30). The average Bonchev–Trinajstić information content (AvgIpc) is 3.54. The summed E-state index contributed by atoms with van der Waals surface area (Å²) in [4.78, 5) is 40.9. The number of methoxy groups -OCH3 is 1. The Morgan fingerprint density at radius 1 is 1.03 bits per heavy atom. The summed E-state index contributed by atoms with van der Waals surface area (Å²) < 4.78 is 4.46. The highest BCUT2D eigenvalue weighted by Crippen LogP contribution is 2.35. The lowest BCUT2D eigenvalue weighted by molar-refractivity contribution is -0.135. The number of nitrogens with one attached hydrogen (secondary N) is 1. The molecule has 1 heterocycles. The first kappa shape index (κ1) is 22.9. The first-order valence-electron chi connectivity index (χ1n) is 11.1. The molecular weight excluding hydrogens is 436 g/mol. The Bertz CT molecular complexity index is 1120. The van der Waals surface area contributed by atoms with Crippen molar-refractivity contribution in [1.82, 2.24) is 4.98 Å². The van der Waals surface area contributed by atoms with E-state index in [1.807, 2.05) is 30.3 Å². The van der Waals surface area contributed by atoms with E-state index in [0.29, 0.717) is 11.0 Å². The molecule has 1 amide bonds. The molecule has 1 saturated carbocycles. The zero-order valence-corrected chi connectivity index (χ0v) is 19.3. The Hall–Kier alpha value is -3.32. The third kappa shape index (κ3) is 5.54. The molecule has 2 aromatic carbocycles. The molecular formula is C26H26N2O4S. The number of aromatic nitrogens is 1. The Labute approximate surface area is 197 Å². The molecule has 1 aliphatic carbocycles. The van der Waals surface area contributed by atoms with Gasteiger partial charge in [0.25, 0.3) is 5.78 Å². The molecule has 4 rings (SSSR count). The highest BCUT2D eigenvalue weighted by atomic mass is 32.1. The zero-order valence-electron chi connectivity index (χ0n) is 18.5. The lowest BCUT2D eigenvalue weighted by Gasteiger charge is -2.20. The number of hydrogen-bond acceptors (Lipinski definition) is 6. The van der Waals surface area contributed by atoms with Gasteiger partial charge in [-0.25, -0.2) is 9.78 Å². The number of rotatable bonds is 8. The van der Waals surface area contributed by atoms with Crippen molar-refractivity contribution in [3.63, 3.8) is 0 Å². The summed E-state index contributed by atoms with van der Waals surface area (Å²) in [5.74, 6) is -1.76. The van der Waals surface area contributed by atoms with Gasteiger partial charge in [-0.05, 0) is 29.0 Å². The van der Waals surface area contributed by atoms with Crippen molar-refractivity contribution in [2.45, 2.75) is 38.0 Å². The molecule has 0 aliphatic heterocycles. The van der Waals surface area contributed by atoms with Crippen LogP contribution in [-0.2, 0) is 14.3 Å². The van der Waals surface area contributed by atoms with Gasteiger partial charge in [-0.15, -0.1) is 11.3 Å². The predicted molar refractivity (Wildman–Crippen MR) is 128 cm³/mol. The first-order valence-corrected chi connectivity index (χ1v) is 12.0. The molecule has 0 radical (unpaired) electrons. The van der Waals surface area contributed by atoms with Gasteiger partial charge >= 0.3 is 5.97 Å². The topological polar surface area (TPSA) is 85.4 Å². The summed E-state index contributed by atoms with van der Waals surface area (Å²) in [6.45, 7) is 0. The molecule has 6 nitrogen and oxygen atoms in total. The van der Waals surface area contributed by atoms with Gasteiger partial charge in [-0.2, -0.15) is 0 Å². The summed E-state index contributed by atoms with van der Waals surface area (Å²) in [5, 5.41) is 4.61. The van der Waals surface area contributed by atoms with Crippen LogP contribution < -0.4 is 5.32 Å². The van der Waals surface area contributed by atoms with Gasteiger partial charge in [-0.3, -0.25) is 9.59 Å². The first-order chi connectivity index (χ1) is 16.0. The Morgan fingerprint density at radius 3 is 2.36 bits per heavy atom. The lowest BCUT2D eigenvalue weighted by Crippen LogP contribution is -2.23. The maximum atomic E-state index is 13.3. The van der Waals surface area contributed by atoms with E-state index in [1.54, 1.807) is 0 Å². The normalized spacial score (nSPS) is 14.6. The number of hydrogen-bond donors (Lipinski definition) is 1. The predicted octanol–water partition coefficient (Wildman–Crippen LogP) is 5.47. The fraction of sp³-hybridized carbons (Fsp3) is 0.308. The van der Waals surface area contributed by atoms with Crippen LogP contribution in [0.2, 0.25) is 0 Å². The molecule has 3 aromatic rings. The third-order valence-corrected chi connectivity index (χ3v) is 6.88. The van der Waals surface area contributed by atoms with Gasteiger partial charge in [0, 0.05) is 5.38 Å². The largest absolute Gasteiger partial charge is 0.463 e. The van der Waals surface area contributed by atoms with Crippen molar-refractivity contribution in [2.75, 3.05) is 12.4 Å². The summed E-state index contributed by atoms with van der Waals surface area (Å²) in [5.41, 5.74) is 3.17. The minimum atomic E-state index is -0.976. The van der Waals surface area contributed by atoms with Crippen molar-refractivity contribution < 1.29 is 19.1 Å². The van der Waals surface area contributed by atoms with Gasteiger partial charge in [0.2, 0.25) is 5.91 Å². The molecule has 1 fully saturated rings. The number of thiazole rings is 1. The Kier molecular flexibility index (Phi) is 7.29. The van der Waals surface area contributed by atoms with Crippen LogP contribution in [-0.4, -0.2) is 29.8 Å². The highest BCUT2D eigenvalue weighted by molar-refractivity contribution is 7.14. The van der Waals surface area contributed by atoms with Crippen molar-refractivity contribution in [3.8, 4) is 11.1 Å². The van der Waals surface area contributed by atoms with Crippen LogP contribution in [0.3, 0.4) is 0 Å². The molecule has 0 saturated heterocycles. The molecule has 33 heavy (non-hydrogen) atoms. The van der Waals surface area contributed by atoms with Gasteiger partial charge in [0.15, 0.2) is 5.13 Å². The maximum Gasteiger partial charge on any atom is 0.381 e. The van der Waals surface area contributed by atoms with Crippen molar-refractivity contribution in [2.24, 2.45) is 5.92 Å². The summed E-state index contributed by atoms with van der Waals surface area (Å²) >= 11 is 1.12. The number of benzene rings is 2. The molecule has 0 spiro atoms. The second-order valence-electron chi connectivity index (χ2n) is 8.27. The minimum absolute atomic E-state index is 0.0262. The summed E-state index contributed by atoms with van der Waals surface area (Å²) in [7, 11) is 1.14. The molecule has 1 N–H and O–H groups in total. The second kappa shape index (κ2) is 10.5. The molecule has 0 bridgehead atoms. The van der Waals surface area contributed by atoms with Gasteiger partial charge in [0.05, 0.1) is 13.0 Å². The lowest BCUT2D eigenvalue weighted by atomic mass is 9.86. The van der Waals surface area contributed by atoms with E-state index in [-0.39, 0.29) is 17.5 Å². The zero-order chi connectivity index (χ0) is 23.2. The van der Waals surface area contributed by atoms with Gasteiger partial charge < -0.3 is 10.1 Å². The number of esters is 1. The van der Waals surface area contributed by atoms with Crippen LogP contribution in [0.4, 0.5) is 5.13 Å². The molecule has 1 aliphatic rings. The molecule has 1 aromatic heterocycles. The Balaban J connectivity index is 1.53. The number of Topliss-reactive ketones (excluding diaryl/α,β-unsaturated/α-hetero) is 1. The van der Waals surface area contributed by atoms with Crippen LogP contribution >= 0.6 is 11.3 Å². The number of ether oxygens (including phenoxy) is 1. The van der Waals surface area contributed by atoms with Crippen LogP contribution in [0.5, 0.6) is 0 Å². The molecule has 7 heteroatoms. The third-order valence-electron chi connectivity index (χ3n) is 6.12. The van der Waals surface area contributed by atoms with E-state index in [0.717, 1.165) is 54.4 Å². The molecule has 1 unspecified atom stereocenters. The fourth-order valence-electron chi connectivity index (χ4n) is 4.34. The fourth-order valence-corrected chi connectivity index (χ4v) is 5.03. The quantitative estimate of drug-likeness (QED) is 0.273. The van der Waals surface area contributed by atoms with Crippen LogP contribution in [0, 0.1) is 5.92 Å². The van der Waals surface area contributed by atoms with E-state index in [4.69, 9.17) is 0 Å². The van der Waals surface area contributed by atoms with Gasteiger partial charge in [0.1, 0.15) is 5.69 Å². The van der Waals surface area contributed by atoms with E-state index in [2.05, 4.69) is 39.3 Å². The SMILES string of the molecule is COC(=O)C(=O)c1csc(NC(=O)C(CC2CCCC2)c2ccc(-c3ccccc3)cc2)n1. The van der Waals surface area contributed by atoms with E-state index >= 15 is 0 Å². The number of carbonyl (C=O) groups is 3. The smallest absolute Gasteiger partial charge is 0.381 e. The summed E-state index contributed by atoms with van der Waals surface area (Å²) in [6, 6.07) is 18.3. The van der Waals surface area contributed by atoms with E-state index in [9.17, 15) is 14.4 Å². The van der Waals surface area contributed by atoms with Crippen LogP contribution in [0.15, 0.2) is 60.0 Å². The number of amides is 1. The van der Waals surface area contributed by atoms with Crippen molar-refractivity contribution in [1.29, 1.82) is 0 Å². The van der Waals surface area contributed by atoms with Crippen LogP contribution in [0.1, 0.15) is 54.1 Å². The minimum Gasteiger partial charge on any atom is -0.463 e. The molecule has 170 valence electrons. The number of anilines is 1. The Morgan fingerprint density at radius 2 is 1.70 bits per heavy atom. The molecule has 1 atom stereocenters. The maximum absolute atomic E-state index is 13.3. The van der Waals surface area contributed by atoms with Crippen molar-refractivity contribution >= 4 is 34.1 Å². The van der Waals surface area contributed by atoms with Gasteiger partial charge in [-0.1, -0.05) is 80.3 Å². The average molecular weight is 463 g/mol. The summed E-state index contributed by atoms with van der Waals surface area (Å²) in [6.07, 6.45) is 5.46.